The summed E-state index contributed by atoms with van der Waals surface area (Å²) >= 11 is 1.08. The normalized spacial score (nSPS) is 12.1. The van der Waals surface area contributed by atoms with Crippen LogP contribution in [-0.2, 0) is 18.7 Å². The minimum absolute atomic E-state index is 0.0918. The van der Waals surface area contributed by atoms with Crippen molar-refractivity contribution >= 4 is 31.3 Å². The molecule has 0 unspecified atom stereocenters. The maximum atomic E-state index is 11.4. The summed E-state index contributed by atoms with van der Waals surface area (Å²) in [6, 6.07) is 0. The topological polar surface area (TPSA) is 61.8 Å². The molecule has 0 aliphatic heterocycles. The van der Waals surface area contributed by atoms with Gasteiger partial charge in [-0.25, -0.2) is 4.79 Å². The number of thioether (sulfide) groups is 1. The maximum Gasteiger partial charge on any atom is 0.367 e. The number of ether oxygens (including phenoxy) is 2. The van der Waals surface area contributed by atoms with E-state index in [2.05, 4.69) is 38.6 Å². The average Bonchev–Trinajstić information content (AvgIpc) is 2.28. The van der Waals surface area contributed by atoms with Gasteiger partial charge in [-0.3, -0.25) is 4.79 Å². The van der Waals surface area contributed by atoms with E-state index in [1.54, 1.807) is 0 Å². The predicted molar refractivity (Wildman–Crippen MR) is 83.6 cm³/mol. The van der Waals surface area contributed by atoms with Crippen LogP contribution < -0.4 is 0 Å². The Labute approximate surface area is 126 Å². The second-order valence-corrected chi connectivity index (χ2v) is 11.7. The van der Waals surface area contributed by atoms with Crippen molar-refractivity contribution in [3.63, 3.8) is 0 Å². The molecule has 0 saturated heterocycles. The molecule has 20 heavy (non-hydrogen) atoms. The summed E-state index contributed by atoms with van der Waals surface area (Å²) in [5.41, 5.74) is 0. The van der Waals surface area contributed by atoms with E-state index in [4.69, 9.17) is 9.16 Å². The molecule has 0 aromatic rings. The Bertz CT molecular complexity index is 325. The third-order valence-corrected chi connectivity index (χ3v) is 8.44. The van der Waals surface area contributed by atoms with Crippen molar-refractivity contribution in [1.29, 1.82) is 0 Å². The first kappa shape index (κ1) is 19.5. The van der Waals surface area contributed by atoms with Crippen molar-refractivity contribution in [2.24, 2.45) is 0 Å². The maximum absolute atomic E-state index is 11.4. The molecule has 118 valence electrons. The van der Waals surface area contributed by atoms with Crippen LogP contribution in [0.2, 0.25) is 18.1 Å². The molecule has 0 fully saturated rings. The molecule has 0 saturated carbocycles. The van der Waals surface area contributed by atoms with Crippen molar-refractivity contribution < 1.29 is 23.5 Å². The Hall–Kier alpha value is -0.533. The quantitative estimate of drug-likeness (QED) is 0.406. The first-order valence-electron chi connectivity index (χ1n) is 6.63. The molecule has 0 aliphatic rings. The number of carbonyl (C=O) groups excluding carboxylic acids is 2. The molecular formula is C13H26O5SSi. The van der Waals surface area contributed by atoms with Gasteiger partial charge in [0.2, 0.25) is 0 Å². The lowest BCUT2D eigenvalue weighted by Gasteiger charge is -2.36. The van der Waals surface area contributed by atoms with Crippen LogP contribution in [0.25, 0.3) is 0 Å². The second-order valence-electron chi connectivity index (χ2n) is 5.90. The summed E-state index contributed by atoms with van der Waals surface area (Å²) in [5, 5.41) is -0.196. The van der Waals surface area contributed by atoms with Crippen molar-refractivity contribution in [3.8, 4) is 0 Å². The first-order valence-corrected chi connectivity index (χ1v) is 10.5. The van der Waals surface area contributed by atoms with Gasteiger partial charge < -0.3 is 13.9 Å². The third kappa shape index (κ3) is 8.60. The zero-order valence-electron chi connectivity index (χ0n) is 13.3. The highest BCUT2D eigenvalue weighted by Gasteiger charge is 2.36. The molecule has 0 aliphatic carbocycles. The predicted octanol–water partition coefficient (Wildman–Crippen LogP) is 3.44. The Balaban J connectivity index is 3.70. The van der Waals surface area contributed by atoms with Crippen LogP contribution in [0, 0.1) is 0 Å². The van der Waals surface area contributed by atoms with Gasteiger partial charge in [0, 0.05) is 19.3 Å². The minimum Gasteiger partial charge on any atom is -0.462 e. The molecule has 7 heteroatoms. The molecule has 0 aromatic carbocycles. The molecule has 0 radical (unpaired) electrons. The van der Waals surface area contributed by atoms with Crippen LogP contribution >= 0.6 is 11.8 Å². The van der Waals surface area contributed by atoms with E-state index in [1.165, 1.54) is 6.92 Å². The molecule has 0 heterocycles. The standard InChI is InChI=1S/C13H26O5SSi/c1-11(14)16-7-8-17-12(15)19-10-9-18-20(5,6)13(2,3)4/h7-10H2,1-6H3. The van der Waals surface area contributed by atoms with Gasteiger partial charge in [0.25, 0.3) is 0 Å². The van der Waals surface area contributed by atoms with Crippen LogP contribution in [0.1, 0.15) is 27.7 Å². The Kier molecular flexibility index (Phi) is 8.46. The number of esters is 1. The summed E-state index contributed by atoms with van der Waals surface area (Å²) in [5.74, 6) is 0.190. The Morgan fingerprint density at radius 2 is 1.60 bits per heavy atom. The van der Waals surface area contributed by atoms with Gasteiger partial charge in [-0.05, 0) is 29.9 Å². The molecule has 0 spiro atoms. The second kappa shape index (κ2) is 8.69. The molecule has 0 amide bonds. The van der Waals surface area contributed by atoms with Gasteiger partial charge >= 0.3 is 11.3 Å². The summed E-state index contributed by atoms with van der Waals surface area (Å²) in [6.45, 7) is 12.9. The van der Waals surface area contributed by atoms with Crippen LogP contribution in [0.3, 0.4) is 0 Å². The number of hydrogen-bond donors (Lipinski definition) is 0. The van der Waals surface area contributed by atoms with Gasteiger partial charge in [0.15, 0.2) is 8.32 Å². The van der Waals surface area contributed by atoms with Gasteiger partial charge in [0.05, 0.1) is 0 Å². The SMILES string of the molecule is CC(=O)OCCOC(=O)SCCO[Si](C)(C)C(C)(C)C. The number of carbonyl (C=O) groups is 2. The number of rotatable bonds is 7. The van der Waals surface area contributed by atoms with Gasteiger partial charge in [0.1, 0.15) is 13.2 Å². The fourth-order valence-corrected chi connectivity index (χ4v) is 2.68. The van der Waals surface area contributed by atoms with E-state index >= 15 is 0 Å². The van der Waals surface area contributed by atoms with E-state index in [1.807, 2.05) is 0 Å². The smallest absolute Gasteiger partial charge is 0.367 e. The molecule has 0 rings (SSSR count). The lowest BCUT2D eigenvalue weighted by atomic mass is 10.2. The fourth-order valence-electron chi connectivity index (χ4n) is 0.990. The molecule has 0 bridgehead atoms. The van der Waals surface area contributed by atoms with E-state index < -0.39 is 8.32 Å². The monoisotopic (exact) mass is 322 g/mol. The number of hydrogen-bond acceptors (Lipinski definition) is 6. The van der Waals surface area contributed by atoms with Crippen molar-refractivity contribution in [3.05, 3.63) is 0 Å². The van der Waals surface area contributed by atoms with E-state index in [9.17, 15) is 9.59 Å². The zero-order chi connectivity index (χ0) is 15.8. The minimum atomic E-state index is -1.74. The van der Waals surface area contributed by atoms with Crippen LogP contribution in [-0.4, -0.2) is 45.2 Å². The van der Waals surface area contributed by atoms with Crippen molar-refractivity contribution in [1.82, 2.24) is 0 Å². The zero-order valence-corrected chi connectivity index (χ0v) is 15.1. The third-order valence-electron chi connectivity index (χ3n) is 3.18. The largest absolute Gasteiger partial charge is 0.462 e. The van der Waals surface area contributed by atoms with Crippen molar-refractivity contribution in [2.45, 2.75) is 45.8 Å². The Morgan fingerprint density at radius 1 is 1.05 bits per heavy atom. The van der Waals surface area contributed by atoms with Crippen LogP contribution in [0.5, 0.6) is 0 Å². The molecule has 0 atom stereocenters. The van der Waals surface area contributed by atoms with Crippen LogP contribution in [0.15, 0.2) is 0 Å². The lowest BCUT2D eigenvalue weighted by Crippen LogP contribution is -2.41. The summed E-state index contributed by atoms with van der Waals surface area (Å²) in [4.78, 5) is 21.9. The highest BCUT2D eigenvalue weighted by atomic mass is 32.2. The molecule has 0 aromatic heterocycles. The van der Waals surface area contributed by atoms with Crippen LogP contribution in [0.4, 0.5) is 4.79 Å². The van der Waals surface area contributed by atoms with E-state index in [0.717, 1.165) is 11.8 Å². The summed E-state index contributed by atoms with van der Waals surface area (Å²) < 4.78 is 15.5. The molecule has 5 nitrogen and oxygen atoms in total. The summed E-state index contributed by atoms with van der Waals surface area (Å²) in [6.07, 6.45) is 0. The van der Waals surface area contributed by atoms with Gasteiger partial charge in [-0.15, -0.1) is 0 Å². The van der Waals surface area contributed by atoms with Gasteiger partial charge in [-0.2, -0.15) is 0 Å². The highest BCUT2D eigenvalue weighted by molar-refractivity contribution is 8.13. The van der Waals surface area contributed by atoms with Gasteiger partial charge in [-0.1, -0.05) is 20.8 Å². The van der Waals surface area contributed by atoms with E-state index in [-0.39, 0.29) is 29.5 Å². The lowest BCUT2D eigenvalue weighted by molar-refractivity contribution is -0.141. The van der Waals surface area contributed by atoms with Crippen molar-refractivity contribution in [2.75, 3.05) is 25.6 Å². The first-order chi connectivity index (χ1) is 9.06. The van der Waals surface area contributed by atoms with E-state index in [0.29, 0.717) is 12.4 Å². The summed E-state index contributed by atoms with van der Waals surface area (Å²) in [7, 11) is -1.74. The Morgan fingerprint density at radius 3 is 2.10 bits per heavy atom. The molecule has 0 N–H and O–H groups in total. The fraction of sp³-hybridized carbons (Fsp3) is 0.846. The highest BCUT2D eigenvalue weighted by Crippen LogP contribution is 2.36. The molecular weight excluding hydrogens is 296 g/mol. The average molecular weight is 322 g/mol.